The molecule has 0 aliphatic carbocycles. The Labute approximate surface area is 352 Å². The van der Waals surface area contributed by atoms with Crippen molar-refractivity contribution < 1.29 is 23.4 Å². The summed E-state index contributed by atoms with van der Waals surface area (Å²) in [4.78, 5) is 17.4. The first-order valence-corrected chi connectivity index (χ1v) is 25.3. The third-order valence-corrected chi connectivity index (χ3v) is 15.6. The van der Waals surface area contributed by atoms with E-state index in [2.05, 4.69) is 39.8 Å². The highest BCUT2D eigenvalue weighted by molar-refractivity contribution is 7.30. The summed E-state index contributed by atoms with van der Waals surface area (Å²) in [6, 6.07) is 4.43. The van der Waals surface area contributed by atoms with Gasteiger partial charge in [-0.2, -0.15) is 0 Å². The van der Waals surface area contributed by atoms with Crippen LogP contribution >= 0.6 is 45.3 Å². The molecule has 0 atom stereocenters. The van der Waals surface area contributed by atoms with Crippen molar-refractivity contribution in [2.24, 2.45) is 0 Å². The van der Waals surface area contributed by atoms with E-state index in [0.717, 1.165) is 95.9 Å². The predicted octanol–water partition coefficient (Wildman–Crippen LogP) is 17.4. The number of esters is 1. The Hall–Kier alpha value is -2.20. The van der Waals surface area contributed by atoms with E-state index in [9.17, 15) is 4.79 Å². The molecule has 0 N–H and O–H groups in total. The van der Waals surface area contributed by atoms with Gasteiger partial charge in [-0.1, -0.05) is 143 Å². The minimum atomic E-state index is -0.544. The van der Waals surface area contributed by atoms with Crippen molar-refractivity contribution in [3.63, 3.8) is 0 Å². The van der Waals surface area contributed by atoms with Crippen LogP contribution in [-0.4, -0.2) is 25.8 Å². The standard InChI is InChI=1S/C47H67FO4S4/c1-6-9-12-15-18-19-20-21-24-27-30-52-47(49)46-39(48)38-42(56-46)34(5)54-45(38)37-32-36-41(51-29-26-23-17-14-11-8-3)43-35(31-33(4)53-43)40(44(36)55-37)50-28-25-22-16-13-10-7-2/h31-32H,6-30H2,1-5H3. The van der Waals surface area contributed by atoms with E-state index >= 15 is 4.39 Å². The molecule has 9 heteroatoms. The molecule has 5 aromatic rings. The second kappa shape index (κ2) is 24.0. The molecule has 0 spiro atoms. The van der Waals surface area contributed by atoms with E-state index < -0.39 is 11.8 Å². The van der Waals surface area contributed by atoms with Crippen molar-refractivity contribution in [3.05, 3.63) is 32.6 Å². The minimum Gasteiger partial charge on any atom is -0.491 e. The first kappa shape index (κ1) is 44.9. The molecule has 0 radical (unpaired) electrons. The Bertz CT molecular complexity index is 1860. The quantitative estimate of drug-likeness (QED) is 0.0355. The van der Waals surface area contributed by atoms with Crippen LogP contribution < -0.4 is 9.47 Å². The van der Waals surface area contributed by atoms with Crippen LogP contribution in [-0.2, 0) is 4.74 Å². The molecular weight excluding hydrogens is 776 g/mol. The van der Waals surface area contributed by atoms with E-state index in [0.29, 0.717) is 25.2 Å². The first-order chi connectivity index (χ1) is 27.4. The number of unbranched alkanes of at least 4 members (excludes halogenated alkanes) is 19. The Morgan fingerprint density at radius 1 is 0.554 bits per heavy atom. The van der Waals surface area contributed by atoms with Gasteiger partial charge >= 0.3 is 5.97 Å². The lowest BCUT2D eigenvalue weighted by Crippen LogP contribution is -2.06. The maximum atomic E-state index is 16.4. The van der Waals surface area contributed by atoms with E-state index in [4.69, 9.17) is 14.2 Å². The number of carbonyl (C=O) groups is 1. The van der Waals surface area contributed by atoms with E-state index in [1.165, 1.54) is 113 Å². The van der Waals surface area contributed by atoms with E-state index in [-0.39, 0.29) is 4.88 Å². The lowest BCUT2D eigenvalue weighted by atomic mass is 10.1. The summed E-state index contributed by atoms with van der Waals surface area (Å²) in [7, 11) is 0. The number of benzene rings is 1. The zero-order valence-electron chi connectivity index (χ0n) is 35.0. The zero-order valence-corrected chi connectivity index (χ0v) is 38.2. The van der Waals surface area contributed by atoms with E-state index in [1.54, 1.807) is 34.0 Å². The number of aryl methyl sites for hydroxylation is 2. The van der Waals surface area contributed by atoms with Gasteiger partial charge in [-0.15, -0.1) is 45.3 Å². The van der Waals surface area contributed by atoms with Crippen molar-refractivity contribution >= 4 is 81.6 Å². The molecule has 0 saturated carbocycles. The lowest BCUT2D eigenvalue weighted by molar-refractivity contribution is 0.0499. The smallest absolute Gasteiger partial charge is 0.351 e. The second-order valence-electron chi connectivity index (χ2n) is 15.6. The van der Waals surface area contributed by atoms with Gasteiger partial charge < -0.3 is 14.2 Å². The highest BCUT2D eigenvalue weighted by Crippen LogP contribution is 2.54. The topological polar surface area (TPSA) is 44.8 Å². The van der Waals surface area contributed by atoms with Gasteiger partial charge in [0.15, 0.2) is 5.82 Å². The molecule has 0 aliphatic rings. The fourth-order valence-corrected chi connectivity index (χ4v) is 12.2. The van der Waals surface area contributed by atoms with Crippen LogP contribution in [0.3, 0.4) is 0 Å². The summed E-state index contributed by atoms with van der Waals surface area (Å²) in [5.74, 6) is 0.841. The molecule has 1 aromatic carbocycles. The highest BCUT2D eigenvalue weighted by atomic mass is 32.1. The lowest BCUT2D eigenvalue weighted by Gasteiger charge is -2.14. The number of thiophene rings is 4. The molecule has 0 bridgehead atoms. The van der Waals surface area contributed by atoms with Gasteiger partial charge in [-0.05, 0) is 45.2 Å². The first-order valence-electron chi connectivity index (χ1n) is 22.0. The molecule has 5 rings (SSSR count). The van der Waals surface area contributed by atoms with Crippen LogP contribution in [0.25, 0.3) is 40.0 Å². The van der Waals surface area contributed by atoms with Gasteiger partial charge in [0.25, 0.3) is 0 Å². The van der Waals surface area contributed by atoms with Gasteiger partial charge in [0.1, 0.15) is 16.4 Å². The molecule has 4 heterocycles. The predicted molar refractivity (Wildman–Crippen MR) is 245 cm³/mol. The van der Waals surface area contributed by atoms with Crippen molar-refractivity contribution in [2.75, 3.05) is 19.8 Å². The number of hydrogen-bond acceptors (Lipinski definition) is 8. The normalized spacial score (nSPS) is 11.8. The Balaban J connectivity index is 1.35. The Morgan fingerprint density at radius 2 is 1.02 bits per heavy atom. The molecule has 4 nitrogen and oxygen atoms in total. The number of fused-ring (bicyclic) bond motifs is 3. The number of hydrogen-bond donors (Lipinski definition) is 0. The average molecular weight is 843 g/mol. The van der Waals surface area contributed by atoms with Crippen LogP contribution in [0.2, 0.25) is 0 Å². The Morgan fingerprint density at radius 3 is 1.55 bits per heavy atom. The van der Waals surface area contributed by atoms with Gasteiger partial charge in [-0.3, -0.25) is 0 Å². The summed E-state index contributed by atoms with van der Waals surface area (Å²) >= 11 is 6.26. The fourth-order valence-electron chi connectivity index (χ4n) is 7.57. The number of halogens is 1. The molecule has 0 fully saturated rings. The third kappa shape index (κ3) is 12.2. The molecule has 56 heavy (non-hydrogen) atoms. The van der Waals surface area contributed by atoms with Crippen LogP contribution in [0.5, 0.6) is 11.5 Å². The maximum absolute atomic E-state index is 16.4. The fraction of sp³-hybridized carbons (Fsp3) is 0.638. The molecule has 0 aliphatic heterocycles. The van der Waals surface area contributed by atoms with Crippen LogP contribution in [0.15, 0.2) is 12.1 Å². The van der Waals surface area contributed by atoms with Gasteiger partial charge in [0.05, 0.1) is 38.8 Å². The molecular formula is C47H67FO4S4. The monoisotopic (exact) mass is 842 g/mol. The summed E-state index contributed by atoms with van der Waals surface area (Å²) in [6.07, 6.45) is 26.6. The van der Waals surface area contributed by atoms with Crippen LogP contribution in [0.4, 0.5) is 4.39 Å². The summed E-state index contributed by atoms with van der Waals surface area (Å²) in [5, 5.41) is 2.69. The van der Waals surface area contributed by atoms with Gasteiger partial charge in [0.2, 0.25) is 0 Å². The van der Waals surface area contributed by atoms with Crippen molar-refractivity contribution in [1.82, 2.24) is 0 Å². The summed E-state index contributed by atoms with van der Waals surface area (Å²) < 4.78 is 38.5. The maximum Gasteiger partial charge on any atom is 0.351 e. The average Bonchev–Trinajstić information content (AvgIpc) is 3.96. The molecule has 0 amide bonds. The zero-order chi connectivity index (χ0) is 39.7. The van der Waals surface area contributed by atoms with Crippen LogP contribution in [0, 0.1) is 19.7 Å². The van der Waals surface area contributed by atoms with Crippen molar-refractivity contribution in [1.29, 1.82) is 0 Å². The minimum absolute atomic E-state index is 0.0854. The largest absolute Gasteiger partial charge is 0.491 e. The number of rotatable bonds is 29. The highest BCUT2D eigenvalue weighted by Gasteiger charge is 2.28. The van der Waals surface area contributed by atoms with Crippen molar-refractivity contribution in [2.45, 2.75) is 176 Å². The summed E-state index contributed by atoms with van der Waals surface area (Å²) in [5.41, 5.74) is 0. The number of ether oxygens (including phenoxy) is 3. The summed E-state index contributed by atoms with van der Waals surface area (Å²) in [6.45, 7) is 12.6. The molecule has 0 saturated heterocycles. The molecule has 0 unspecified atom stereocenters. The third-order valence-electron chi connectivity index (χ3n) is 10.8. The Kier molecular flexibility index (Phi) is 19.3. The number of carbonyl (C=O) groups excluding carboxylic acids is 1. The second-order valence-corrected chi connectivity index (χ2v) is 20.2. The SMILES string of the molecule is CCCCCCCCCCCCOC(=O)c1sc2c(C)sc(-c3cc4c(OCCCCCCCC)c5sc(C)cc5c(OCCCCCCCC)c4s3)c2c1F. The molecule has 310 valence electrons. The van der Waals surface area contributed by atoms with Gasteiger partial charge in [0, 0.05) is 30.8 Å². The molecule has 4 aromatic heterocycles. The van der Waals surface area contributed by atoms with Crippen LogP contribution in [0.1, 0.15) is 181 Å². The van der Waals surface area contributed by atoms with Gasteiger partial charge in [-0.25, -0.2) is 9.18 Å². The van der Waals surface area contributed by atoms with Crippen molar-refractivity contribution in [3.8, 4) is 21.3 Å². The van der Waals surface area contributed by atoms with E-state index in [1.807, 2.05) is 6.92 Å².